The van der Waals surface area contributed by atoms with Crippen LogP contribution in [0.3, 0.4) is 0 Å². The van der Waals surface area contributed by atoms with Gasteiger partial charge in [0.15, 0.2) is 0 Å². The van der Waals surface area contributed by atoms with Gasteiger partial charge in [-0.1, -0.05) is 45.7 Å². The maximum absolute atomic E-state index is 6.14. The van der Waals surface area contributed by atoms with E-state index < -0.39 is 0 Å². The summed E-state index contributed by atoms with van der Waals surface area (Å²) in [4.78, 5) is 0. The summed E-state index contributed by atoms with van der Waals surface area (Å²) in [6.07, 6.45) is 0. The van der Waals surface area contributed by atoms with E-state index >= 15 is 0 Å². The van der Waals surface area contributed by atoms with Crippen LogP contribution in [-0.2, 0) is 0 Å². The van der Waals surface area contributed by atoms with Gasteiger partial charge in [-0.3, -0.25) is 0 Å². The molecule has 2 heteroatoms. The second kappa shape index (κ2) is 3.32. The minimum absolute atomic E-state index is 0.808. The quantitative estimate of drug-likeness (QED) is 0.647. The number of benzene rings is 2. The Morgan fingerprint density at radius 3 is 2.77 bits per heavy atom. The van der Waals surface area contributed by atoms with Gasteiger partial charge >= 0.3 is 0 Å². The second-order valence-electron chi connectivity index (χ2n) is 3.08. The fraction of sp³-hybridized carbons (Fsp3) is 0.0909. The van der Waals surface area contributed by atoms with E-state index in [0.29, 0.717) is 0 Å². The van der Waals surface area contributed by atoms with Crippen LogP contribution in [0.1, 0.15) is 5.56 Å². The largest absolute Gasteiger partial charge is 0.0836 e. The van der Waals surface area contributed by atoms with Crippen molar-refractivity contribution < 1.29 is 0 Å². The lowest BCUT2D eigenvalue weighted by Gasteiger charge is -2.04. The monoisotopic (exact) mass is 254 g/mol. The van der Waals surface area contributed by atoms with E-state index in [9.17, 15) is 0 Å². The summed E-state index contributed by atoms with van der Waals surface area (Å²) in [6, 6.07) is 10.2. The highest BCUT2D eigenvalue weighted by atomic mass is 79.9. The Labute approximate surface area is 90.6 Å². The summed E-state index contributed by atoms with van der Waals surface area (Å²) in [5.41, 5.74) is 1.19. The first-order chi connectivity index (χ1) is 6.18. The van der Waals surface area contributed by atoms with E-state index in [1.165, 1.54) is 10.9 Å². The van der Waals surface area contributed by atoms with Crippen molar-refractivity contribution in [2.24, 2.45) is 0 Å². The third-order valence-corrected chi connectivity index (χ3v) is 2.98. The van der Waals surface area contributed by atoms with Crippen molar-refractivity contribution in [3.05, 3.63) is 45.4 Å². The Kier molecular flexibility index (Phi) is 2.31. The van der Waals surface area contributed by atoms with Crippen LogP contribution in [0.25, 0.3) is 10.8 Å². The molecule has 0 unspecified atom stereocenters. The van der Waals surface area contributed by atoms with Gasteiger partial charge in [0.05, 0.1) is 0 Å². The number of fused-ring (bicyclic) bond motifs is 1. The van der Waals surface area contributed by atoms with E-state index in [2.05, 4.69) is 28.1 Å². The lowest BCUT2D eigenvalue weighted by atomic mass is 10.1. The predicted octanol–water partition coefficient (Wildman–Crippen LogP) is 4.56. The Hall–Kier alpha value is -0.530. The Bertz CT molecular complexity index is 463. The molecule has 0 spiro atoms. The summed E-state index contributed by atoms with van der Waals surface area (Å²) in [5, 5.41) is 3.08. The smallest absolute Gasteiger partial charge is 0.0498 e. The Morgan fingerprint density at radius 2 is 2.00 bits per heavy atom. The molecule has 0 fully saturated rings. The molecular formula is C11H8BrCl. The first kappa shape index (κ1) is 9.04. The van der Waals surface area contributed by atoms with Crippen molar-refractivity contribution in [2.45, 2.75) is 6.92 Å². The predicted molar refractivity (Wildman–Crippen MR) is 61.4 cm³/mol. The van der Waals surface area contributed by atoms with Gasteiger partial charge in [-0.2, -0.15) is 0 Å². The first-order valence-corrected chi connectivity index (χ1v) is 5.20. The molecule has 0 aliphatic rings. The lowest BCUT2D eigenvalue weighted by molar-refractivity contribution is 1.50. The third kappa shape index (κ3) is 1.59. The van der Waals surface area contributed by atoms with Crippen LogP contribution in [0.15, 0.2) is 34.8 Å². The molecule has 0 aliphatic heterocycles. The maximum atomic E-state index is 6.14. The molecule has 0 nitrogen and oxygen atoms in total. The number of hydrogen-bond donors (Lipinski definition) is 0. The standard InChI is InChI=1S/C11H8BrCl/c1-7-5-8-3-2-4-9(12)11(8)10(13)6-7/h2-6H,1H3. The molecule has 0 bridgehead atoms. The summed E-state index contributed by atoms with van der Waals surface area (Å²) >= 11 is 9.63. The van der Waals surface area contributed by atoms with Crippen LogP contribution >= 0.6 is 27.5 Å². The van der Waals surface area contributed by atoms with E-state index in [1.807, 2.05) is 25.1 Å². The van der Waals surface area contributed by atoms with Gasteiger partial charge in [0.25, 0.3) is 0 Å². The van der Waals surface area contributed by atoms with Crippen LogP contribution in [0.4, 0.5) is 0 Å². The molecule has 0 N–H and O–H groups in total. The van der Waals surface area contributed by atoms with Crippen LogP contribution in [0, 0.1) is 6.92 Å². The second-order valence-corrected chi connectivity index (χ2v) is 4.35. The molecule has 66 valence electrons. The van der Waals surface area contributed by atoms with E-state index in [1.54, 1.807) is 0 Å². The van der Waals surface area contributed by atoms with Gasteiger partial charge in [-0.25, -0.2) is 0 Å². The molecule has 0 saturated carbocycles. The average Bonchev–Trinajstić information content (AvgIpc) is 2.02. The maximum Gasteiger partial charge on any atom is 0.0498 e. The molecule has 0 saturated heterocycles. The van der Waals surface area contributed by atoms with Gasteiger partial charge in [-0.05, 0) is 30.0 Å². The lowest BCUT2D eigenvalue weighted by Crippen LogP contribution is -1.78. The fourth-order valence-electron chi connectivity index (χ4n) is 1.47. The van der Waals surface area contributed by atoms with E-state index in [-0.39, 0.29) is 0 Å². The van der Waals surface area contributed by atoms with Gasteiger partial charge in [0, 0.05) is 14.9 Å². The van der Waals surface area contributed by atoms with Crippen LogP contribution in [0.5, 0.6) is 0 Å². The molecular weight excluding hydrogens is 247 g/mol. The van der Waals surface area contributed by atoms with Crippen molar-refractivity contribution in [3.8, 4) is 0 Å². The van der Waals surface area contributed by atoms with Crippen LogP contribution in [-0.4, -0.2) is 0 Å². The molecule has 0 atom stereocenters. The molecule has 2 aromatic rings. The number of hydrogen-bond acceptors (Lipinski definition) is 0. The van der Waals surface area contributed by atoms with Crippen molar-refractivity contribution in [2.75, 3.05) is 0 Å². The third-order valence-electron chi connectivity index (χ3n) is 2.02. The SMILES string of the molecule is Cc1cc(Cl)c2c(Br)cccc2c1. The minimum atomic E-state index is 0.808. The molecule has 0 amide bonds. The van der Waals surface area contributed by atoms with Crippen LogP contribution < -0.4 is 0 Å². The highest BCUT2D eigenvalue weighted by Crippen LogP contribution is 2.31. The zero-order valence-corrected chi connectivity index (χ0v) is 9.48. The van der Waals surface area contributed by atoms with Gasteiger partial charge in [0.2, 0.25) is 0 Å². The molecule has 13 heavy (non-hydrogen) atoms. The average molecular weight is 256 g/mol. The number of aryl methyl sites for hydroxylation is 1. The fourth-order valence-corrected chi connectivity index (χ4v) is 2.56. The van der Waals surface area contributed by atoms with Crippen molar-refractivity contribution in [3.63, 3.8) is 0 Å². The Balaban J connectivity index is 2.94. The normalized spacial score (nSPS) is 10.7. The summed E-state index contributed by atoms with van der Waals surface area (Å²) in [7, 11) is 0. The topological polar surface area (TPSA) is 0 Å². The highest BCUT2D eigenvalue weighted by molar-refractivity contribution is 9.10. The first-order valence-electron chi connectivity index (χ1n) is 4.03. The van der Waals surface area contributed by atoms with E-state index in [4.69, 9.17) is 11.6 Å². The van der Waals surface area contributed by atoms with Crippen molar-refractivity contribution >= 4 is 38.3 Å². The number of rotatable bonds is 0. The zero-order valence-electron chi connectivity index (χ0n) is 7.14. The zero-order chi connectivity index (χ0) is 9.42. The Morgan fingerprint density at radius 1 is 1.23 bits per heavy atom. The molecule has 0 radical (unpaired) electrons. The molecule has 0 aromatic heterocycles. The van der Waals surface area contributed by atoms with Crippen molar-refractivity contribution in [1.29, 1.82) is 0 Å². The van der Waals surface area contributed by atoms with Crippen LogP contribution in [0.2, 0.25) is 5.02 Å². The molecule has 0 aliphatic carbocycles. The van der Waals surface area contributed by atoms with Gasteiger partial charge < -0.3 is 0 Å². The van der Waals surface area contributed by atoms with Gasteiger partial charge in [-0.15, -0.1) is 0 Å². The van der Waals surface area contributed by atoms with Crippen molar-refractivity contribution in [1.82, 2.24) is 0 Å². The molecule has 2 rings (SSSR count). The van der Waals surface area contributed by atoms with E-state index in [0.717, 1.165) is 14.9 Å². The highest BCUT2D eigenvalue weighted by Gasteiger charge is 2.03. The summed E-state index contributed by atoms with van der Waals surface area (Å²) in [6.45, 7) is 2.05. The molecule has 0 heterocycles. The van der Waals surface area contributed by atoms with Gasteiger partial charge in [0.1, 0.15) is 0 Å². The number of halogens is 2. The minimum Gasteiger partial charge on any atom is -0.0836 e. The molecule has 2 aromatic carbocycles. The summed E-state index contributed by atoms with van der Waals surface area (Å²) in [5.74, 6) is 0. The summed E-state index contributed by atoms with van der Waals surface area (Å²) < 4.78 is 1.05.